The van der Waals surface area contributed by atoms with Gasteiger partial charge in [-0.3, -0.25) is 9.59 Å². The SMILES string of the molecule is O=C1C(Cl)C(Cl)CNN1O[P+](=O)ON1NCC(Cl)C(Cl)C1=O. The molecule has 0 bridgehead atoms. The Morgan fingerprint density at radius 3 is 1.64 bits per heavy atom. The molecule has 0 aliphatic carbocycles. The molecule has 4 unspecified atom stereocenters. The standard InChI is InChI=1S/C8H10Cl4N4O5P/c9-3-1-13-15(7(17)5(3)11)20-22(19)21-16-8(18)6(12)4(10)2-14-16/h3-6,13-14H,1-2H2/q+1. The summed E-state index contributed by atoms with van der Waals surface area (Å²) in [5, 5.41) is -2.29. The van der Waals surface area contributed by atoms with Crippen LogP contribution >= 0.6 is 54.7 Å². The predicted octanol–water partition coefficient (Wildman–Crippen LogP) is 0.630. The number of alkyl halides is 4. The van der Waals surface area contributed by atoms with Crippen LogP contribution in [0.15, 0.2) is 0 Å². The molecule has 2 N–H and O–H groups in total. The molecule has 2 amide bonds. The number of hydrazine groups is 2. The Kier molecular flexibility index (Phi) is 6.47. The number of carbonyl (C=O) groups excluding carboxylic acids is 2. The van der Waals surface area contributed by atoms with Gasteiger partial charge in [0.15, 0.2) is 0 Å². The number of amides is 2. The van der Waals surface area contributed by atoms with Crippen LogP contribution in [0.5, 0.6) is 0 Å². The molecule has 0 aromatic carbocycles. The minimum atomic E-state index is -2.91. The minimum Gasteiger partial charge on any atom is -0.269 e. The van der Waals surface area contributed by atoms with Crippen molar-refractivity contribution in [3.05, 3.63) is 0 Å². The number of hydrogen-bond acceptors (Lipinski definition) is 7. The van der Waals surface area contributed by atoms with Crippen molar-refractivity contribution in [3.63, 3.8) is 0 Å². The molecule has 2 fully saturated rings. The van der Waals surface area contributed by atoms with Gasteiger partial charge in [-0.1, -0.05) is 10.3 Å². The number of hydroxylamine groups is 2. The van der Waals surface area contributed by atoms with E-state index in [1.165, 1.54) is 0 Å². The van der Waals surface area contributed by atoms with Gasteiger partial charge in [0.1, 0.15) is 10.8 Å². The largest absolute Gasteiger partial charge is 0.749 e. The highest BCUT2D eigenvalue weighted by atomic mass is 35.5. The van der Waals surface area contributed by atoms with Crippen LogP contribution in [0.4, 0.5) is 0 Å². The molecule has 2 aliphatic heterocycles. The normalized spacial score (nSPS) is 34.1. The summed E-state index contributed by atoms with van der Waals surface area (Å²) >= 11 is 23.1. The van der Waals surface area contributed by atoms with Crippen molar-refractivity contribution in [2.24, 2.45) is 0 Å². The molecule has 2 rings (SSSR count). The summed E-state index contributed by atoms with van der Waals surface area (Å²) in [4.78, 5) is 23.5. The smallest absolute Gasteiger partial charge is 0.269 e. The van der Waals surface area contributed by atoms with E-state index in [0.717, 1.165) is 0 Å². The van der Waals surface area contributed by atoms with Crippen LogP contribution in [0.1, 0.15) is 0 Å². The molecule has 22 heavy (non-hydrogen) atoms. The van der Waals surface area contributed by atoms with Gasteiger partial charge in [-0.15, -0.1) is 46.4 Å². The topological polar surface area (TPSA) is 100 Å². The number of nitrogens with one attached hydrogen (secondary N) is 2. The molecule has 0 saturated carbocycles. The maximum atomic E-state index is 11.7. The predicted molar refractivity (Wildman–Crippen MR) is 78.0 cm³/mol. The van der Waals surface area contributed by atoms with Crippen LogP contribution in [0, 0.1) is 0 Å². The zero-order chi connectivity index (χ0) is 16.4. The highest BCUT2D eigenvalue weighted by molar-refractivity contribution is 7.33. The van der Waals surface area contributed by atoms with Gasteiger partial charge in [0, 0.05) is 26.9 Å². The molecule has 0 aromatic rings. The van der Waals surface area contributed by atoms with Gasteiger partial charge in [0.25, 0.3) is 11.8 Å². The van der Waals surface area contributed by atoms with Crippen LogP contribution in [-0.4, -0.2) is 56.8 Å². The van der Waals surface area contributed by atoms with Gasteiger partial charge in [0.05, 0.1) is 10.8 Å². The van der Waals surface area contributed by atoms with Crippen molar-refractivity contribution < 1.29 is 23.4 Å². The Morgan fingerprint density at radius 1 is 0.909 bits per heavy atom. The summed E-state index contributed by atoms with van der Waals surface area (Å²) in [6, 6.07) is 0. The van der Waals surface area contributed by atoms with Crippen LogP contribution in [0.3, 0.4) is 0 Å². The molecule has 0 spiro atoms. The van der Waals surface area contributed by atoms with Crippen molar-refractivity contribution in [2.45, 2.75) is 21.5 Å². The van der Waals surface area contributed by atoms with E-state index in [1.54, 1.807) is 0 Å². The molecule has 4 atom stereocenters. The third kappa shape index (κ3) is 4.11. The molecule has 0 radical (unpaired) electrons. The molecule has 2 saturated heterocycles. The van der Waals surface area contributed by atoms with E-state index in [0.29, 0.717) is 10.3 Å². The molecule has 2 heterocycles. The summed E-state index contributed by atoms with van der Waals surface area (Å²) in [7, 11) is -2.91. The first kappa shape index (κ1) is 18.4. The molecule has 2 aliphatic rings. The molecular weight excluding hydrogens is 405 g/mol. The zero-order valence-electron chi connectivity index (χ0n) is 10.6. The van der Waals surface area contributed by atoms with Crippen molar-refractivity contribution in [1.82, 2.24) is 21.2 Å². The Balaban J connectivity index is 1.88. The van der Waals surface area contributed by atoms with E-state index in [-0.39, 0.29) is 13.1 Å². The highest BCUT2D eigenvalue weighted by Crippen LogP contribution is 2.30. The van der Waals surface area contributed by atoms with Crippen LogP contribution in [0.2, 0.25) is 0 Å². The van der Waals surface area contributed by atoms with E-state index in [2.05, 4.69) is 10.9 Å². The third-order valence-electron chi connectivity index (χ3n) is 2.66. The van der Waals surface area contributed by atoms with E-state index < -0.39 is 41.6 Å². The second-order valence-electron chi connectivity index (χ2n) is 4.21. The lowest BCUT2D eigenvalue weighted by Gasteiger charge is -2.29. The highest BCUT2D eigenvalue weighted by Gasteiger charge is 2.44. The lowest BCUT2D eigenvalue weighted by Crippen LogP contribution is -2.57. The number of halogens is 4. The average molecular weight is 415 g/mol. The van der Waals surface area contributed by atoms with Crippen molar-refractivity contribution in [2.75, 3.05) is 13.1 Å². The van der Waals surface area contributed by atoms with Crippen molar-refractivity contribution in [1.29, 1.82) is 0 Å². The summed E-state index contributed by atoms with van der Waals surface area (Å²) in [5.74, 6) is -1.48. The first-order chi connectivity index (χ1) is 10.3. The van der Waals surface area contributed by atoms with E-state index in [9.17, 15) is 14.2 Å². The second-order valence-corrected chi connectivity index (χ2v) is 7.05. The van der Waals surface area contributed by atoms with E-state index in [1.807, 2.05) is 0 Å². The monoisotopic (exact) mass is 413 g/mol. The molecule has 0 aromatic heterocycles. The van der Waals surface area contributed by atoms with Gasteiger partial charge >= 0.3 is 8.25 Å². The Bertz CT molecular complexity index is 447. The van der Waals surface area contributed by atoms with E-state index in [4.69, 9.17) is 55.7 Å². The van der Waals surface area contributed by atoms with Crippen LogP contribution in [0.25, 0.3) is 0 Å². The van der Waals surface area contributed by atoms with Gasteiger partial charge in [-0.2, -0.15) is 0 Å². The maximum absolute atomic E-state index is 11.7. The Hall–Kier alpha value is 0.0400. The minimum absolute atomic E-state index is 0.114. The lowest BCUT2D eigenvalue weighted by atomic mass is 10.2. The van der Waals surface area contributed by atoms with Crippen LogP contribution < -0.4 is 10.9 Å². The summed E-state index contributed by atoms with van der Waals surface area (Å²) in [6.07, 6.45) is 0. The zero-order valence-corrected chi connectivity index (χ0v) is 14.5. The Morgan fingerprint density at radius 2 is 1.27 bits per heavy atom. The number of rotatable bonds is 4. The summed E-state index contributed by atoms with van der Waals surface area (Å²) in [5.41, 5.74) is 4.91. The maximum Gasteiger partial charge on any atom is 0.749 e. The van der Waals surface area contributed by atoms with Gasteiger partial charge in [0.2, 0.25) is 0 Å². The number of hydrogen-bond donors (Lipinski definition) is 2. The van der Waals surface area contributed by atoms with Crippen LogP contribution in [-0.2, 0) is 23.4 Å². The third-order valence-corrected chi connectivity index (χ3v) is 5.31. The van der Waals surface area contributed by atoms with Crippen molar-refractivity contribution >= 4 is 66.5 Å². The first-order valence-corrected chi connectivity index (χ1v) is 8.70. The summed E-state index contributed by atoms with van der Waals surface area (Å²) in [6.45, 7) is 0.229. The molecular formula is C8H10Cl4N4O5P+. The van der Waals surface area contributed by atoms with Gasteiger partial charge in [-0.05, 0) is 0 Å². The average Bonchev–Trinajstić information content (AvgIpc) is 2.48. The Labute approximate surface area is 145 Å². The quantitative estimate of drug-likeness (QED) is 0.514. The molecule has 9 nitrogen and oxygen atoms in total. The lowest BCUT2D eigenvalue weighted by molar-refractivity contribution is -0.191. The van der Waals surface area contributed by atoms with Gasteiger partial charge in [-0.25, -0.2) is 10.9 Å². The summed E-state index contributed by atoms with van der Waals surface area (Å²) < 4.78 is 21.2. The fraction of sp³-hybridized carbons (Fsp3) is 0.750. The number of carbonyl (C=O) groups is 2. The van der Waals surface area contributed by atoms with E-state index >= 15 is 0 Å². The molecule has 14 heteroatoms. The fourth-order valence-electron chi connectivity index (χ4n) is 1.52. The number of nitrogens with zero attached hydrogens (tertiary/aromatic N) is 2. The van der Waals surface area contributed by atoms with Crippen molar-refractivity contribution in [3.8, 4) is 0 Å². The van der Waals surface area contributed by atoms with Gasteiger partial charge < -0.3 is 0 Å². The molecule has 124 valence electrons. The second kappa shape index (κ2) is 7.74. The first-order valence-electron chi connectivity index (χ1n) is 5.86. The fourth-order valence-corrected chi connectivity index (χ4v) is 2.80.